The maximum absolute atomic E-state index is 13.9. The first-order chi connectivity index (χ1) is 19.0. The first-order valence-corrected chi connectivity index (χ1v) is 14.0. The molecule has 2 aromatic carbocycles. The fourth-order valence-corrected chi connectivity index (χ4v) is 4.75. The second-order valence-corrected chi connectivity index (χ2v) is 11.4. The van der Waals surface area contributed by atoms with E-state index in [1.165, 1.54) is 0 Å². The Hall–Kier alpha value is -3.43. The molecule has 0 radical (unpaired) electrons. The quantitative estimate of drug-likeness (QED) is 0.397. The van der Waals surface area contributed by atoms with Crippen molar-refractivity contribution in [2.75, 3.05) is 20.6 Å². The Labute approximate surface area is 237 Å². The van der Waals surface area contributed by atoms with Gasteiger partial charge in [0.15, 0.2) is 0 Å². The van der Waals surface area contributed by atoms with Crippen LogP contribution in [0.15, 0.2) is 54.6 Å². The van der Waals surface area contributed by atoms with Gasteiger partial charge in [0, 0.05) is 6.54 Å². The van der Waals surface area contributed by atoms with Gasteiger partial charge in [-0.1, -0.05) is 70.2 Å². The Balaban J connectivity index is 2.00. The van der Waals surface area contributed by atoms with Crippen molar-refractivity contribution in [3.63, 3.8) is 0 Å². The molecule has 5 atom stereocenters. The van der Waals surface area contributed by atoms with E-state index >= 15 is 0 Å². The van der Waals surface area contributed by atoms with Crippen molar-refractivity contribution < 1.29 is 24.2 Å². The summed E-state index contributed by atoms with van der Waals surface area (Å²) in [5.74, 6) is -1.33. The van der Waals surface area contributed by atoms with Gasteiger partial charge in [-0.05, 0) is 62.0 Å². The number of ether oxygens (including phenoxy) is 1. The molecule has 0 aliphatic carbocycles. The maximum Gasteiger partial charge on any atom is 0.247 e. The number of carbonyl (C=O) groups is 3. The molecule has 5 unspecified atom stereocenters. The fraction of sp³-hybridized carbons (Fsp3) is 0.516. The minimum absolute atomic E-state index is 0.183. The third-order valence-electron chi connectivity index (χ3n) is 7.28. The second kappa shape index (κ2) is 14.3. The van der Waals surface area contributed by atoms with Crippen LogP contribution >= 0.6 is 0 Å². The number of carbonyl (C=O) groups excluding carboxylic acids is 3. The van der Waals surface area contributed by atoms with Crippen LogP contribution in [0, 0.1) is 11.8 Å². The van der Waals surface area contributed by atoms with Crippen LogP contribution in [0.25, 0.3) is 0 Å². The minimum atomic E-state index is -1.20. The van der Waals surface area contributed by atoms with Gasteiger partial charge in [0.1, 0.15) is 23.9 Å². The van der Waals surface area contributed by atoms with Gasteiger partial charge < -0.3 is 25.8 Å². The van der Waals surface area contributed by atoms with Gasteiger partial charge in [-0.2, -0.15) is 0 Å². The summed E-state index contributed by atoms with van der Waals surface area (Å²) >= 11 is 0. The van der Waals surface area contributed by atoms with Gasteiger partial charge in [-0.25, -0.2) is 0 Å². The first-order valence-electron chi connectivity index (χ1n) is 14.0. The normalized spacial score (nSPS) is 21.8. The molecule has 9 heteroatoms. The van der Waals surface area contributed by atoms with Gasteiger partial charge >= 0.3 is 0 Å². The highest BCUT2D eigenvalue weighted by molar-refractivity contribution is 5.94. The molecule has 2 aliphatic rings. The zero-order valence-electron chi connectivity index (χ0n) is 24.4. The lowest BCUT2D eigenvalue weighted by molar-refractivity contribution is -0.138. The van der Waals surface area contributed by atoms with E-state index in [1.807, 2.05) is 87.4 Å². The third-order valence-corrected chi connectivity index (χ3v) is 7.28. The van der Waals surface area contributed by atoms with Gasteiger partial charge in [0.25, 0.3) is 0 Å². The van der Waals surface area contributed by atoms with E-state index in [1.54, 1.807) is 13.8 Å². The smallest absolute Gasteiger partial charge is 0.247 e. The number of fused-ring (bicyclic) bond motifs is 11. The maximum atomic E-state index is 13.9. The summed E-state index contributed by atoms with van der Waals surface area (Å²) in [6, 6.07) is 14.3. The average molecular weight is 553 g/mol. The number of amides is 3. The van der Waals surface area contributed by atoms with E-state index in [2.05, 4.69) is 16.0 Å². The molecule has 0 spiro atoms. The summed E-state index contributed by atoms with van der Waals surface area (Å²) in [5.41, 5.74) is 2.00. The van der Waals surface area contributed by atoms with Gasteiger partial charge in [-0.3, -0.25) is 19.3 Å². The number of hydrogen-bond acceptors (Lipinski definition) is 6. The number of aliphatic hydroxyl groups excluding tert-OH is 1. The van der Waals surface area contributed by atoms with Crippen LogP contribution in [0.3, 0.4) is 0 Å². The van der Waals surface area contributed by atoms with Crippen LogP contribution in [-0.2, 0) is 27.2 Å². The van der Waals surface area contributed by atoms with Crippen LogP contribution in [0.4, 0.5) is 0 Å². The highest BCUT2D eigenvalue weighted by atomic mass is 16.5. The summed E-state index contributed by atoms with van der Waals surface area (Å²) in [6.45, 7) is 7.72. The molecular formula is C31H44N4O5. The van der Waals surface area contributed by atoms with Crippen molar-refractivity contribution in [2.45, 2.75) is 70.9 Å². The van der Waals surface area contributed by atoms with Crippen LogP contribution in [-0.4, -0.2) is 78.7 Å². The molecule has 4 rings (SSSR count). The van der Waals surface area contributed by atoms with E-state index < -0.39 is 42.1 Å². The van der Waals surface area contributed by atoms with Crippen molar-refractivity contribution in [2.24, 2.45) is 11.8 Å². The van der Waals surface area contributed by atoms with Crippen molar-refractivity contribution in [3.05, 3.63) is 65.7 Å². The molecule has 0 aromatic heterocycles. The molecule has 40 heavy (non-hydrogen) atoms. The lowest BCUT2D eigenvalue weighted by Gasteiger charge is -2.34. The van der Waals surface area contributed by atoms with Crippen molar-refractivity contribution in [3.8, 4) is 5.75 Å². The SMILES string of the molecule is CC(C)C(O)C1NC(=O)C(NC(=O)C(Cc2ccccc2)N(C)C)C(C(C)C)Oc2ccc(cc2)CCNC1=O. The number of hydrogen-bond donors (Lipinski definition) is 4. The monoisotopic (exact) mass is 552 g/mol. The molecule has 2 aliphatic heterocycles. The van der Waals surface area contributed by atoms with Crippen LogP contribution < -0.4 is 20.7 Å². The summed E-state index contributed by atoms with van der Waals surface area (Å²) in [5, 5.41) is 19.4. The Morgan fingerprint density at radius 2 is 1.68 bits per heavy atom. The predicted molar refractivity (Wildman–Crippen MR) is 155 cm³/mol. The van der Waals surface area contributed by atoms with Gasteiger partial charge in [0.2, 0.25) is 17.7 Å². The van der Waals surface area contributed by atoms with Crippen LogP contribution in [0.2, 0.25) is 0 Å². The Morgan fingerprint density at radius 1 is 1.02 bits per heavy atom. The number of nitrogens with one attached hydrogen (secondary N) is 3. The lowest BCUT2D eigenvalue weighted by atomic mass is 9.95. The number of rotatable bonds is 8. The standard InChI is InChI=1S/C31H44N4O5/c1-19(2)27(36)25-30(38)32-17-16-21-12-14-23(15-13-21)40-28(20(3)4)26(31(39)33-25)34-29(37)24(35(5)6)18-22-10-8-7-9-11-22/h7-15,19-20,24-28,36H,16-18H2,1-6H3,(H,32,38)(H,33,39)(H,34,37). The molecule has 4 N–H and O–H groups in total. The van der Waals surface area contributed by atoms with E-state index in [9.17, 15) is 19.5 Å². The molecule has 218 valence electrons. The van der Waals surface area contributed by atoms with Crippen molar-refractivity contribution >= 4 is 17.7 Å². The molecule has 9 nitrogen and oxygen atoms in total. The molecule has 0 saturated heterocycles. The number of nitrogens with zero attached hydrogens (tertiary/aromatic N) is 1. The van der Waals surface area contributed by atoms with E-state index in [0.717, 1.165) is 11.1 Å². The van der Waals surface area contributed by atoms with Gasteiger partial charge in [0.05, 0.1) is 12.1 Å². The van der Waals surface area contributed by atoms with Crippen molar-refractivity contribution in [1.82, 2.24) is 20.9 Å². The number of benzene rings is 2. The predicted octanol–water partition coefficient (Wildman–Crippen LogP) is 1.92. The van der Waals surface area contributed by atoms with Gasteiger partial charge in [-0.15, -0.1) is 0 Å². The highest BCUT2D eigenvalue weighted by Gasteiger charge is 2.39. The van der Waals surface area contributed by atoms with Crippen molar-refractivity contribution in [1.29, 1.82) is 0 Å². The topological polar surface area (TPSA) is 120 Å². The summed E-state index contributed by atoms with van der Waals surface area (Å²) < 4.78 is 6.33. The summed E-state index contributed by atoms with van der Waals surface area (Å²) in [4.78, 5) is 42.6. The molecular weight excluding hydrogens is 508 g/mol. The second-order valence-electron chi connectivity index (χ2n) is 11.4. The van der Waals surface area contributed by atoms with E-state index in [4.69, 9.17) is 4.74 Å². The molecule has 0 saturated carbocycles. The zero-order chi connectivity index (χ0) is 29.4. The third kappa shape index (κ3) is 8.29. The largest absolute Gasteiger partial charge is 0.487 e. The highest BCUT2D eigenvalue weighted by Crippen LogP contribution is 2.21. The Bertz CT molecular complexity index is 1120. The molecule has 0 fully saturated rings. The van der Waals surface area contributed by atoms with E-state index in [-0.39, 0.29) is 17.7 Å². The number of likely N-dealkylation sites (N-methyl/N-ethyl adjacent to an activating group) is 1. The fourth-order valence-electron chi connectivity index (χ4n) is 4.75. The molecule has 2 aromatic rings. The average Bonchev–Trinajstić information content (AvgIpc) is 2.92. The first kappa shape index (κ1) is 31.1. The Kier molecular flexibility index (Phi) is 11.1. The summed E-state index contributed by atoms with van der Waals surface area (Å²) in [6.07, 6.45) is -0.848. The Morgan fingerprint density at radius 3 is 2.25 bits per heavy atom. The molecule has 2 heterocycles. The summed E-state index contributed by atoms with van der Waals surface area (Å²) in [7, 11) is 3.64. The molecule has 2 bridgehead atoms. The van der Waals surface area contributed by atoms with Crippen LogP contribution in [0.5, 0.6) is 5.75 Å². The minimum Gasteiger partial charge on any atom is -0.487 e. The molecule has 3 amide bonds. The number of aliphatic hydroxyl groups is 1. The van der Waals surface area contributed by atoms with E-state index in [0.29, 0.717) is 25.1 Å². The van der Waals surface area contributed by atoms with Crippen LogP contribution in [0.1, 0.15) is 38.8 Å². The lowest BCUT2D eigenvalue weighted by Crippen LogP contribution is -2.64. The zero-order valence-corrected chi connectivity index (χ0v) is 24.4.